The molecule has 6 nitrogen and oxygen atoms in total. The monoisotopic (exact) mass is 342 g/mol. The molecule has 0 fully saturated rings. The molecular formula is C19H30N6. The fourth-order valence-electron chi connectivity index (χ4n) is 2.64. The van der Waals surface area contributed by atoms with Crippen LogP contribution < -0.4 is 10.6 Å². The summed E-state index contributed by atoms with van der Waals surface area (Å²) in [6, 6.07) is 11.0. The van der Waals surface area contributed by atoms with Gasteiger partial charge in [0.05, 0.1) is 18.3 Å². The molecule has 6 heteroatoms. The van der Waals surface area contributed by atoms with Crippen molar-refractivity contribution in [1.82, 2.24) is 25.3 Å². The Morgan fingerprint density at radius 1 is 1.20 bits per heavy atom. The average Bonchev–Trinajstić information content (AvgIpc) is 2.99. The van der Waals surface area contributed by atoms with Crippen LogP contribution in [0.4, 0.5) is 0 Å². The molecule has 0 aliphatic carbocycles. The molecule has 0 amide bonds. The van der Waals surface area contributed by atoms with E-state index in [0.717, 1.165) is 24.7 Å². The van der Waals surface area contributed by atoms with Gasteiger partial charge in [0.1, 0.15) is 0 Å². The second-order valence-corrected chi connectivity index (χ2v) is 6.41. The lowest BCUT2D eigenvalue weighted by Crippen LogP contribution is -2.41. The molecule has 0 aliphatic heterocycles. The van der Waals surface area contributed by atoms with E-state index in [-0.39, 0.29) is 6.04 Å². The van der Waals surface area contributed by atoms with Crippen LogP contribution in [0.15, 0.2) is 41.5 Å². The first-order valence-electron chi connectivity index (χ1n) is 8.73. The number of benzene rings is 1. The molecule has 1 aromatic carbocycles. The van der Waals surface area contributed by atoms with E-state index in [1.807, 2.05) is 17.8 Å². The summed E-state index contributed by atoms with van der Waals surface area (Å²) < 4.78 is 1.85. The number of aromatic nitrogens is 2. The summed E-state index contributed by atoms with van der Waals surface area (Å²) in [7, 11) is 6.14. The number of nitrogens with one attached hydrogen (secondary N) is 2. The SMILES string of the molecule is CCNC(=NCc1ccnn1C)NCC(c1ccc(C)cc1)N(C)C. The maximum atomic E-state index is 4.67. The minimum absolute atomic E-state index is 0.279. The van der Waals surface area contributed by atoms with Gasteiger partial charge in [-0.25, -0.2) is 4.99 Å². The first-order chi connectivity index (χ1) is 12.0. The van der Waals surface area contributed by atoms with Crippen LogP contribution in [0.5, 0.6) is 0 Å². The van der Waals surface area contributed by atoms with Crippen LogP contribution in [0, 0.1) is 6.92 Å². The Bertz CT molecular complexity index is 671. The molecule has 2 N–H and O–H groups in total. The summed E-state index contributed by atoms with van der Waals surface area (Å²) >= 11 is 0. The normalized spacial score (nSPS) is 13.1. The summed E-state index contributed by atoms with van der Waals surface area (Å²) in [5.74, 6) is 0.822. The van der Waals surface area contributed by atoms with Crippen molar-refractivity contribution in [3.63, 3.8) is 0 Å². The van der Waals surface area contributed by atoms with Gasteiger partial charge in [-0.2, -0.15) is 5.10 Å². The van der Waals surface area contributed by atoms with Crippen molar-refractivity contribution in [2.45, 2.75) is 26.4 Å². The lowest BCUT2D eigenvalue weighted by molar-refractivity contribution is 0.298. The molecule has 25 heavy (non-hydrogen) atoms. The Labute approximate surface area is 151 Å². The number of aliphatic imine (C=N–C) groups is 1. The van der Waals surface area contributed by atoms with Crippen LogP contribution in [-0.2, 0) is 13.6 Å². The second kappa shape index (κ2) is 9.22. The molecule has 2 rings (SSSR count). The summed E-state index contributed by atoms with van der Waals surface area (Å²) in [6.45, 7) is 6.40. The van der Waals surface area contributed by atoms with E-state index in [1.54, 1.807) is 6.20 Å². The van der Waals surface area contributed by atoms with E-state index in [1.165, 1.54) is 11.1 Å². The number of aryl methyl sites for hydroxylation is 2. The second-order valence-electron chi connectivity index (χ2n) is 6.41. The maximum absolute atomic E-state index is 4.67. The van der Waals surface area contributed by atoms with Gasteiger partial charge in [0, 0.05) is 26.3 Å². The molecule has 1 heterocycles. The number of rotatable bonds is 7. The average molecular weight is 342 g/mol. The van der Waals surface area contributed by atoms with Gasteiger partial charge >= 0.3 is 0 Å². The van der Waals surface area contributed by atoms with Crippen molar-refractivity contribution in [3.05, 3.63) is 53.3 Å². The number of nitrogens with zero attached hydrogens (tertiary/aromatic N) is 4. The molecule has 0 saturated carbocycles. The van der Waals surface area contributed by atoms with Crippen molar-refractivity contribution in [3.8, 4) is 0 Å². The topological polar surface area (TPSA) is 57.5 Å². The molecule has 1 unspecified atom stereocenters. The zero-order valence-corrected chi connectivity index (χ0v) is 16.0. The highest BCUT2D eigenvalue weighted by Crippen LogP contribution is 2.17. The van der Waals surface area contributed by atoms with E-state index in [2.05, 4.69) is 77.8 Å². The molecule has 0 spiro atoms. The Morgan fingerprint density at radius 3 is 2.48 bits per heavy atom. The first-order valence-corrected chi connectivity index (χ1v) is 8.73. The van der Waals surface area contributed by atoms with Crippen molar-refractivity contribution >= 4 is 5.96 Å². The minimum Gasteiger partial charge on any atom is -0.357 e. The molecule has 0 bridgehead atoms. The van der Waals surface area contributed by atoms with Crippen LogP contribution in [0.2, 0.25) is 0 Å². The van der Waals surface area contributed by atoms with Crippen molar-refractivity contribution in [2.24, 2.45) is 12.0 Å². The first kappa shape index (κ1) is 19.0. The summed E-state index contributed by atoms with van der Waals surface area (Å²) in [4.78, 5) is 6.90. The third kappa shape index (κ3) is 5.60. The van der Waals surface area contributed by atoms with Gasteiger partial charge in [0.25, 0.3) is 0 Å². The molecule has 136 valence electrons. The fourth-order valence-corrected chi connectivity index (χ4v) is 2.64. The smallest absolute Gasteiger partial charge is 0.191 e. The van der Waals surface area contributed by atoms with Crippen LogP contribution in [0.3, 0.4) is 0 Å². The Kier molecular flexibility index (Phi) is 7.01. The molecular weight excluding hydrogens is 312 g/mol. The standard InChI is InChI=1S/C19H30N6/c1-6-20-19(21-13-17-11-12-23-25(17)5)22-14-18(24(3)4)16-9-7-15(2)8-10-16/h7-12,18H,6,13-14H2,1-5H3,(H2,20,21,22). The zero-order valence-electron chi connectivity index (χ0n) is 16.0. The molecule has 2 aromatic rings. The largest absolute Gasteiger partial charge is 0.357 e. The van der Waals surface area contributed by atoms with Gasteiger partial charge < -0.3 is 15.5 Å². The fraction of sp³-hybridized carbons (Fsp3) is 0.474. The van der Waals surface area contributed by atoms with E-state index in [0.29, 0.717) is 6.54 Å². The molecule has 0 aliphatic rings. The van der Waals surface area contributed by atoms with Crippen LogP contribution in [-0.4, -0.2) is 47.8 Å². The van der Waals surface area contributed by atoms with Crippen LogP contribution >= 0.6 is 0 Å². The molecule has 1 atom stereocenters. The van der Waals surface area contributed by atoms with Gasteiger partial charge in [-0.15, -0.1) is 0 Å². The number of likely N-dealkylation sites (N-methyl/N-ethyl adjacent to an activating group) is 1. The van der Waals surface area contributed by atoms with Crippen LogP contribution in [0.1, 0.15) is 29.8 Å². The van der Waals surface area contributed by atoms with E-state index in [9.17, 15) is 0 Å². The summed E-state index contributed by atoms with van der Waals surface area (Å²) in [6.07, 6.45) is 1.80. The van der Waals surface area contributed by atoms with Gasteiger partial charge in [-0.1, -0.05) is 29.8 Å². The predicted octanol–water partition coefficient (Wildman–Crippen LogP) is 2.09. The summed E-state index contributed by atoms with van der Waals surface area (Å²) in [5.41, 5.74) is 3.66. The van der Waals surface area contributed by atoms with Gasteiger partial charge in [0.15, 0.2) is 5.96 Å². The Morgan fingerprint density at radius 2 is 1.92 bits per heavy atom. The Hall–Kier alpha value is -2.34. The number of guanidine groups is 1. The van der Waals surface area contributed by atoms with Gasteiger partial charge in [-0.05, 0) is 39.6 Å². The third-order valence-electron chi connectivity index (χ3n) is 4.21. The minimum atomic E-state index is 0.279. The van der Waals surface area contributed by atoms with E-state index in [4.69, 9.17) is 0 Å². The van der Waals surface area contributed by atoms with Crippen molar-refractivity contribution in [2.75, 3.05) is 27.2 Å². The van der Waals surface area contributed by atoms with E-state index >= 15 is 0 Å². The number of hydrogen-bond acceptors (Lipinski definition) is 3. The predicted molar refractivity (Wildman–Crippen MR) is 104 cm³/mol. The molecule has 1 aromatic heterocycles. The zero-order chi connectivity index (χ0) is 18.2. The Balaban J connectivity index is 2.04. The molecule has 0 saturated heterocycles. The van der Waals surface area contributed by atoms with Crippen molar-refractivity contribution in [1.29, 1.82) is 0 Å². The lowest BCUT2D eigenvalue weighted by atomic mass is 10.0. The quantitative estimate of drug-likeness (QED) is 0.597. The third-order valence-corrected chi connectivity index (χ3v) is 4.21. The highest BCUT2D eigenvalue weighted by molar-refractivity contribution is 5.79. The van der Waals surface area contributed by atoms with Gasteiger partial charge in [0.2, 0.25) is 0 Å². The number of hydrogen-bond donors (Lipinski definition) is 2. The van der Waals surface area contributed by atoms with Crippen molar-refractivity contribution < 1.29 is 0 Å². The molecule has 0 radical (unpaired) electrons. The van der Waals surface area contributed by atoms with Gasteiger partial charge in [-0.3, -0.25) is 4.68 Å². The lowest BCUT2D eigenvalue weighted by Gasteiger charge is -2.26. The van der Waals surface area contributed by atoms with Crippen LogP contribution in [0.25, 0.3) is 0 Å². The maximum Gasteiger partial charge on any atom is 0.191 e. The highest BCUT2D eigenvalue weighted by Gasteiger charge is 2.14. The van der Waals surface area contributed by atoms with E-state index < -0.39 is 0 Å². The highest BCUT2D eigenvalue weighted by atomic mass is 15.3. The summed E-state index contributed by atoms with van der Waals surface area (Å²) in [5, 5.41) is 11.0.